The van der Waals surface area contributed by atoms with Crippen LogP contribution in [0.4, 0.5) is 0 Å². The number of hydrogen-bond donors (Lipinski definition) is 2. The van der Waals surface area contributed by atoms with Gasteiger partial charge in [0.25, 0.3) is 0 Å². The topological polar surface area (TPSA) is 68.3 Å². The van der Waals surface area contributed by atoms with E-state index in [0.29, 0.717) is 19.5 Å². The van der Waals surface area contributed by atoms with Crippen molar-refractivity contribution in [2.45, 2.75) is 6.42 Å². The van der Waals surface area contributed by atoms with Crippen molar-refractivity contribution in [1.29, 1.82) is 0 Å². The van der Waals surface area contributed by atoms with Crippen LogP contribution >= 0.6 is 0 Å². The molecule has 0 bridgehead atoms. The minimum atomic E-state index is -0.285. The molecule has 0 atom stereocenters. The molecule has 1 amide bonds. The molecule has 4 heteroatoms. The van der Waals surface area contributed by atoms with Crippen LogP contribution in [0.5, 0.6) is 0 Å². The summed E-state index contributed by atoms with van der Waals surface area (Å²) in [4.78, 5) is 10.4. The van der Waals surface area contributed by atoms with Crippen molar-refractivity contribution < 1.29 is 9.21 Å². The zero-order chi connectivity index (χ0) is 10.2. The minimum absolute atomic E-state index is 0.285. The highest BCUT2D eigenvalue weighted by Crippen LogP contribution is 2.01. The lowest BCUT2D eigenvalue weighted by Gasteiger charge is -1.96. The second-order valence-corrected chi connectivity index (χ2v) is 2.84. The SMILES string of the molecule is NC(=O)CCNC/C=C/c1ccco1. The summed E-state index contributed by atoms with van der Waals surface area (Å²) in [7, 11) is 0. The number of rotatable bonds is 6. The van der Waals surface area contributed by atoms with E-state index < -0.39 is 0 Å². The summed E-state index contributed by atoms with van der Waals surface area (Å²) in [6.45, 7) is 1.31. The van der Waals surface area contributed by atoms with E-state index in [1.54, 1.807) is 6.26 Å². The third-order valence-corrected chi connectivity index (χ3v) is 1.64. The molecular formula is C10H14N2O2. The zero-order valence-electron chi connectivity index (χ0n) is 7.90. The second kappa shape index (κ2) is 5.99. The summed E-state index contributed by atoms with van der Waals surface area (Å²) < 4.78 is 5.09. The molecule has 1 rings (SSSR count). The van der Waals surface area contributed by atoms with E-state index in [1.165, 1.54) is 0 Å². The average molecular weight is 194 g/mol. The maximum atomic E-state index is 10.4. The zero-order valence-corrected chi connectivity index (χ0v) is 7.90. The van der Waals surface area contributed by atoms with Crippen LogP contribution in [0.2, 0.25) is 0 Å². The molecule has 1 aromatic heterocycles. The summed E-state index contributed by atoms with van der Waals surface area (Å²) in [6, 6.07) is 3.71. The Labute approximate surface area is 82.8 Å². The summed E-state index contributed by atoms with van der Waals surface area (Å²) in [5, 5.41) is 3.05. The Morgan fingerprint density at radius 1 is 1.64 bits per heavy atom. The molecule has 1 heterocycles. The van der Waals surface area contributed by atoms with Gasteiger partial charge in [0.05, 0.1) is 6.26 Å². The van der Waals surface area contributed by atoms with E-state index >= 15 is 0 Å². The van der Waals surface area contributed by atoms with Gasteiger partial charge in [0.2, 0.25) is 5.91 Å². The van der Waals surface area contributed by atoms with Crippen molar-refractivity contribution in [3.05, 3.63) is 30.2 Å². The van der Waals surface area contributed by atoms with Crippen LogP contribution in [0.1, 0.15) is 12.2 Å². The van der Waals surface area contributed by atoms with Crippen LogP contribution in [-0.2, 0) is 4.79 Å². The van der Waals surface area contributed by atoms with Crippen LogP contribution in [0.25, 0.3) is 6.08 Å². The fourth-order valence-electron chi connectivity index (χ4n) is 0.958. The molecule has 0 saturated carbocycles. The number of nitrogens with two attached hydrogens (primary N) is 1. The van der Waals surface area contributed by atoms with Crippen LogP contribution in [0.15, 0.2) is 28.9 Å². The van der Waals surface area contributed by atoms with Crippen LogP contribution in [0, 0.1) is 0 Å². The predicted molar refractivity (Wildman–Crippen MR) is 54.4 cm³/mol. The smallest absolute Gasteiger partial charge is 0.218 e. The first-order valence-electron chi connectivity index (χ1n) is 4.48. The highest BCUT2D eigenvalue weighted by molar-refractivity contribution is 5.73. The molecule has 0 aromatic carbocycles. The molecule has 0 aliphatic carbocycles. The number of carbonyl (C=O) groups is 1. The van der Waals surface area contributed by atoms with Crippen molar-refractivity contribution in [2.75, 3.05) is 13.1 Å². The Morgan fingerprint density at radius 3 is 3.14 bits per heavy atom. The number of amides is 1. The van der Waals surface area contributed by atoms with Gasteiger partial charge in [-0.1, -0.05) is 6.08 Å². The summed E-state index contributed by atoms with van der Waals surface area (Å²) in [5.41, 5.74) is 4.97. The average Bonchev–Trinajstić information content (AvgIpc) is 2.63. The maximum absolute atomic E-state index is 10.4. The number of carbonyl (C=O) groups excluding carboxylic acids is 1. The quantitative estimate of drug-likeness (QED) is 0.657. The summed E-state index contributed by atoms with van der Waals surface area (Å²) in [6.07, 6.45) is 5.80. The summed E-state index contributed by atoms with van der Waals surface area (Å²) >= 11 is 0. The molecule has 76 valence electrons. The standard InChI is InChI=1S/C10H14N2O2/c11-10(13)5-7-12-6-1-3-9-4-2-8-14-9/h1-4,8,12H,5-7H2,(H2,11,13)/b3-1+. The molecule has 0 spiro atoms. The fourth-order valence-corrected chi connectivity index (χ4v) is 0.958. The van der Waals surface area contributed by atoms with Gasteiger partial charge >= 0.3 is 0 Å². The van der Waals surface area contributed by atoms with Gasteiger partial charge in [0.15, 0.2) is 0 Å². The van der Waals surface area contributed by atoms with Crippen LogP contribution in [-0.4, -0.2) is 19.0 Å². The van der Waals surface area contributed by atoms with Gasteiger partial charge in [0.1, 0.15) is 5.76 Å². The second-order valence-electron chi connectivity index (χ2n) is 2.84. The summed E-state index contributed by atoms with van der Waals surface area (Å²) in [5.74, 6) is 0.536. The highest BCUT2D eigenvalue weighted by atomic mass is 16.3. The lowest BCUT2D eigenvalue weighted by Crippen LogP contribution is -2.21. The Kier molecular flexibility index (Phi) is 4.50. The molecule has 1 aromatic rings. The molecule has 0 aliphatic rings. The van der Waals surface area contributed by atoms with E-state index in [4.69, 9.17) is 10.2 Å². The lowest BCUT2D eigenvalue weighted by atomic mass is 10.4. The number of primary amides is 1. The van der Waals surface area contributed by atoms with Crippen LogP contribution < -0.4 is 11.1 Å². The third kappa shape index (κ3) is 4.47. The number of furan rings is 1. The highest BCUT2D eigenvalue weighted by Gasteiger charge is 1.91. The van der Waals surface area contributed by atoms with Crippen molar-refractivity contribution in [2.24, 2.45) is 5.73 Å². The Morgan fingerprint density at radius 2 is 2.50 bits per heavy atom. The Bertz CT molecular complexity index is 291. The number of nitrogens with one attached hydrogen (secondary N) is 1. The van der Waals surface area contributed by atoms with Gasteiger partial charge in [0, 0.05) is 19.5 Å². The minimum Gasteiger partial charge on any atom is -0.465 e. The first-order valence-corrected chi connectivity index (χ1v) is 4.48. The molecule has 0 aliphatic heterocycles. The van der Waals surface area contributed by atoms with Crippen molar-refractivity contribution >= 4 is 12.0 Å². The van der Waals surface area contributed by atoms with E-state index in [-0.39, 0.29) is 5.91 Å². The predicted octanol–water partition coefficient (Wildman–Crippen LogP) is 0.758. The van der Waals surface area contributed by atoms with Gasteiger partial charge in [-0.2, -0.15) is 0 Å². The van der Waals surface area contributed by atoms with Gasteiger partial charge in [-0.15, -0.1) is 0 Å². The van der Waals surface area contributed by atoms with E-state index in [9.17, 15) is 4.79 Å². The maximum Gasteiger partial charge on any atom is 0.218 e. The molecule has 3 N–H and O–H groups in total. The number of hydrogen-bond acceptors (Lipinski definition) is 3. The van der Waals surface area contributed by atoms with Crippen molar-refractivity contribution in [3.8, 4) is 0 Å². The Balaban J connectivity index is 2.07. The van der Waals surface area contributed by atoms with Crippen LogP contribution in [0.3, 0.4) is 0 Å². The van der Waals surface area contributed by atoms with Gasteiger partial charge in [-0.05, 0) is 18.2 Å². The van der Waals surface area contributed by atoms with Gasteiger partial charge < -0.3 is 15.5 Å². The van der Waals surface area contributed by atoms with Crippen molar-refractivity contribution in [3.63, 3.8) is 0 Å². The lowest BCUT2D eigenvalue weighted by molar-refractivity contribution is -0.117. The molecular weight excluding hydrogens is 180 g/mol. The monoisotopic (exact) mass is 194 g/mol. The van der Waals surface area contributed by atoms with Crippen molar-refractivity contribution in [1.82, 2.24) is 5.32 Å². The largest absolute Gasteiger partial charge is 0.465 e. The molecule has 14 heavy (non-hydrogen) atoms. The van der Waals surface area contributed by atoms with E-state index in [2.05, 4.69) is 5.32 Å². The molecule has 0 unspecified atom stereocenters. The first-order chi connectivity index (χ1) is 6.79. The molecule has 0 radical (unpaired) electrons. The van der Waals surface area contributed by atoms with E-state index in [1.807, 2.05) is 24.3 Å². The third-order valence-electron chi connectivity index (χ3n) is 1.64. The first kappa shape index (κ1) is 10.5. The Hall–Kier alpha value is -1.55. The molecule has 4 nitrogen and oxygen atoms in total. The molecule has 0 fully saturated rings. The molecule has 0 saturated heterocycles. The van der Waals surface area contributed by atoms with E-state index in [0.717, 1.165) is 5.76 Å². The van der Waals surface area contributed by atoms with Gasteiger partial charge in [-0.3, -0.25) is 4.79 Å². The normalized spacial score (nSPS) is 10.9. The fraction of sp³-hybridized carbons (Fsp3) is 0.300. The van der Waals surface area contributed by atoms with Gasteiger partial charge in [-0.25, -0.2) is 0 Å².